The molecule has 1 aliphatic rings. The Morgan fingerprint density at radius 1 is 1.45 bits per heavy atom. The second-order valence-electron chi connectivity index (χ2n) is 5.18. The molecule has 0 bridgehead atoms. The summed E-state index contributed by atoms with van der Waals surface area (Å²) in [6, 6.07) is 7.82. The number of hydrogen-bond donors (Lipinski definition) is 1. The maximum atomic E-state index is 11.2. The molecule has 0 amide bonds. The average molecular weight is 308 g/mol. The summed E-state index contributed by atoms with van der Waals surface area (Å²) in [7, 11) is 0. The van der Waals surface area contributed by atoms with E-state index in [9.17, 15) is 9.90 Å². The highest BCUT2D eigenvalue weighted by molar-refractivity contribution is 7.13. The second kappa shape index (κ2) is 4.86. The fraction of sp³-hybridized carbons (Fsp3) is 0.333. The normalized spacial score (nSPS) is 16.7. The van der Waals surface area contributed by atoms with Gasteiger partial charge in [-0.05, 0) is 37.5 Å². The molecule has 1 N–H and O–H groups in total. The summed E-state index contributed by atoms with van der Waals surface area (Å²) in [5.74, 6) is -0.896. The van der Waals surface area contributed by atoms with Crippen LogP contribution in [0.5, 0.6) is 0 Å². The van der Waals surface area contributed by atoms with Gasteiger partial charge >= 0.3 is 5.97 Å². The van der Waals surface area contributed by atoms with Crippen molar-refractivity contribution in [3.8, 4) is 0 Å². The largest absolute Gasteiger partial charge is 0.477 e. The van der Waals surface area contributed by atoms with Crippen LogP contribution in [-0.2, 0) is 5.41 Å². The molecular weight excluding hydrogens is 294 g/mol. The first-order valence-electron chi connectivity index (χ1n) is 6.50. The Bertz CT molecular complexity index is 676. The third-order valence-electron chi connectivity index (χ3n) is 3.98. The molecule has 20 heavy (non-hydrogen) atoms. The standard InChI is InChI=1S/C15H14ClNO2S/c1-9-12(13(18)19)20-14(17-9)15(6-3-7-15)10-4-2-5-11(16)8-10/h2,4-5,8H,3,6-7H2,1H3,(H,18,19). The van der Waals surface area contributed by atoms with E-state index in [4.69, 9.17) is 11.6 Å². The van der Waals surface area contributed by atoms with E-state index in [-0.39, 0.29) is 5.41 Å². The molecule has 0 spiro atoms. The van der Waals surface area contributed by atoms with E-state index in [0.717, 1.165) is 29.8 Å². The highest BCUT2D eigenvalue weighted by Gasteiger charge is 2.43. The molecule has 3 nitrogen and oxygen atoms in total. The number of hydrogen-bond acceptors (Lipinski definition) is 3. The molecule has 5 heteroatoms. The summed E-state index contributed by atoms with van der Waals surface area (Å²) >= 11 is 7.39. The van der Waals surface area contributed by atoms with Gasteiger partial charge in [-0.15, -0.1) is 11.3 Å². The summed E-state index contributed by atoms with van der Waals surface area (Å²) in [6.07, 6.45) is 3.13. The van der Waals surface area contributed by atoms with Crippen molar-refractivity contribution >= 4 is 28.9 Å². The molecule has 1 aliphatic carbocycles. The molecule has 0 unspecified atom stereocenters. The first-order valence-corrected chi connectivity index (χ1v) is 7.70. The van der Waals surface area contributed by atoms with Gasteiger partial charge in [0.05, 0.1) is 5.69 Å². The van der Waals surface area contributed by atoms with Crippen molar-refractivity contribution in [2.24, 2.45) is 0 Å². The van der Waals surface area contributed by atoms with Crippen molar-refractivity contribution in [2.75, 3.05) is 0 Å². The Balaban J connectivity index is 2.10. The van der Waals surface area contributed by atoms with Gasteiger partial charge in [-0.25, -0.2) is 9.78 Å². The topological polar surface area (TPSA) is 50.2 Å². The fourth-order valence-corrected chi connectivity index (χ4v) is 4.11. The number of thiazole rings is 1. The van der Waals surface area contributed by atoms with Crippen LogP contribution in [0.3, 0.4) is 0 Å². The van der Waals surface area contributed by atoms with Crippen LogP contribution in [0.25, 0.3) is 0 Å². The first kappa shape index (κ1) is 13.6. The van der Waals surface area contributed by atoms with Crippen molar-refractivity contribution in [1.82, 2.24) is 4.98 Å². The zero-order chi connectivity index (χ0) is 14.3. The van der Waals surface area contributed by atoms with Gasteiger partial charge in [0.25, 0.3) is 0 Å². The number of halogens is 1. The van der Waals surface area contributed by atoms with Crippen LogP contribution in [-0.4, -0.2) is 16.1 Å². The van der Waals surface area contributed by atoms with Gasteiger partial charge in [0.2, 0.25) is 0 Å². The van der Waals surface area contributed by atoms with Crippen LogP contribution in [0, 0.1) is 6.92 Å². The number of nitrogens with zero attached hydrogens (tertiary/aromatic N) is 1. The van der Waals surface area contributed by atoms with E-state index in [1.165, 1.54) is 11.3 Å². The molecule has 1 fully saturated rings. The number of carboxylic acid groups (broad SMARTS) is 1. The molecule has 2 aromatic rings. The van der Waals surface area contributed by atoms with E-state index in [2.05, 4.69) is 11.1 Å². The number of aryl methyl sites for hydroxylation is 1. The maximum absolute atomic E-state index is 11.2. The molecule has 0 radical (unpaired) electrons. The third-order valence-corrected chi connectivity index (χ3v) is 5.57. The van der Waals surface area contributed by atoms with Crippen LogP contribution in [0.4, 0.5) is 0 Å². The number of carbonyl (C=O) groups is 1. The minimum absolute atomic E-state index is 0.145. The smallest absolute Gasteiger partial charge is 0.347 e. The second-order valence-corrected chi connectivity index (χ2v) is 6.62. The van der Waals surface area contributed by atoms with Crippen LogP contribution in [0.15, 0.2) is 24.3 Å². The quantitative estimate of drug-likeness (QED) is 0.921. The van der Waals surface area contributed by atoms with Gasteiger partial charge in [-0.2, -0.15) is 0 Å². The van der Waals surface area contributed by atoms with Gasteiger partial charge in [-0.3, -0.25) is 0 Å². The van der Waals surface area contributed by atoms with Crippen molar-refractivity contribution in [3.63, 3.8) is 0 Å². The average Bonchev–Trinajstić information content (AvgIpc) is 2.70. The van der Waals surface area contributed by atoms with Gasteiger partial charge < -0.3 is 5.11 Å². The van der Waals surface area contributed by atoms with Crippen LogP contribution in [0.2, 0.25) is 5.02 Å². The Hall–Kier alpha value is -1.39. The van der Waals surface area contributed by atoms with Crippen molar-refractivity contribution in [3.05, 3.63) is 50.4 Å². The minimum atomic E-state index is -0.896. The Morgan fingerprint density at radius 2 is 2.20 bits per heavy atom. The Labute approximate surface area is 126 Å². The molecule has 1 aromatic heterocycles. The van der Waals surface area contributed by atoms with Crippen LogP contribution in [0.1, 0.15) is 45.2 Å². The SMILES string of the molecule is Cc1nc(C2(c3cccc(Cl)c3)CCC2)sc1C(=O)O. The highest BCUT2D eigenvalue weighted by atomic mass is 35.5. The molecule has 1 aromatic carbocycles. The summed E-state index contributed by atoms with van der Waals surface area (Å²) in [5.41, 5.74) is 1.60. The Morgan fingerprint density at radius 3 is 2.70 bits per heavy atom. The predicted octanol–water partition coefficient (Wildman–Crippen LogP) is 4.27. The Kier molecular flexibility index (Phi) is 3.30. The molecular formula is C15H14ClNO2S. The molecule has 1 heterocycles. The number of rotatable bonds is 3. The molecule has 0 saturated heterocycles. The summed E-state index contributed by atoms with van der Waals surface area (Å²) < 4.78 is 0. The first-order chi connectivity index (χ1) is 9.53. The fourth-order valence-electron chi connectivity index (χ4n) is 2.74. The highest BCUT2D eigenvalue weighted by Crippen LogP contribution is 2.50. The monoisotopic (exact) mass is 307 g/mol. The molecule has 104 valence electrons. The van der Waals surface area contributed by atoms with Crippen molar-refractivity contribution < 1.29 is 9.90 Å². The van der Waals surface area contributed by atoms with Crippen LogP contribution < -0.4 is 0 Å². The lowest BCUT2D eigenvalue weighted by atomic mass is 9.65. The number of carboxylic acids is 1. The zero-order valence-corrected chi connectivity index (χ0v) is 12.6. The molecule has 1 saturated carbocycles. The summed E-state index contributed by atoms with van der Waals surface area (Å²) in [6.45, 7) is 1.76. The van der Waals surface area contributed by atoms with Gasteiger partial charge in [0.1, 0.15) is 9.88 Å². The number of benzene rings is 1. The van der Waals surface area contributed by atoms with E-state index in [1.807, 2.05) is 18.2 Å². The van der Waals surface area contributed by atoms with E-state index in [1.54, 1.807) is 6.92 Å². The maximum Gasteiger partial charge on any atom is 0.347 e. The lowest BCUT2D eigenvalue weighted by molar-refractivity contribution is 0.0701. The van der Waals surface area contributed by atoms with E-state index in [0.29, 0.717) is 15.6 Å². The minimum Gasteiger partial charge on any atom is -0.477 e. The molecule has 0 aliphatic heterocycles. The van der Waals surface area contributed by atoms with E-state index < -0.39 is 5.97 Å². The predicted molar refractivity (Wildman–Crippen MR) is 79.9 cm³/mol. The van der Waals surface area contributed by atoms with Crippen molar-refractivity contribution in [1.29, 1.82) is 0 Å². The van der Waals surface area contributed by atoms with E-state index >= 15 is 0 Å². The third kappa shape index (κ3) is 2.03. The molecule has 0 atom stereocenters. The lowest BCUT2D eigenvalue weighted by Gasteiger charge is -2.40. The number of aromatic nitrogens is 1. The lowest BCUT2D eigenvalue weighted by Crippen LogP contribution is -2.35. The zero-order valence-electron chi connectivity index (χ0n) is 11.0. The molecule has 3 rings (SSSR count). The summed E-state index contributed by atoms with van der Waals surface area (Å²) in [5, 5.41) is 10.8. The van der Waals surface area contributed by atoms with Crippen molar-refractivity contribution in [2.45, 2.75) is 31.6 Å². The summed E-state index contributed by atoms with van der Waals surface area (Å²) in [4.78, 5) is 16.1. The van der Waals surface area contributed by atoms with Gasteiger partial charge in [-0.1, -0.05) is 30.2 Å². The van der Waals surface area contributed by atoms with Gasteiger partial charge in [0, 0.05) is 10.4 Å². The van der Waals surface area contributed by atoms with Crippen LogP contribution >= 0.6 is 22.9 Å². The van der Waals surface area contributed by atoms with Gasteiger partial charge in [0.15, 0.2) is 0 Å². The number of aromatic carboxylic acids is 1.